The molecule has 0 radical (unpaired) electrons. The van der Waals surface area contributed by atoms with E-state index in [9.17, 15) is 9.46 Å². The lowest BCUT2D eigenvalue weighted by Crippen LogP contribution is -2.44. The number of nitrogens with zero attached hydrogens (tertiary/aromatic N) is 1. The summed E-state index contributed by atoms with van der Waals surface area (Å²) in [5.41, 5.74) is 0. The Balaban J connectivity index is 3.43. The molecule has 0 aliphatic heterocycles. The van der Waals surface area contributed by atoms with Crippen LogP contribution in [0.4, 0.5) is 0 Å². The Hall–Kier alpha value is -0.150. The zero-order valence-electron chi connectivity index (χ0n) is 23.0. The molecule has 0 rings (SSSR count). The summed E-state index contributed by atoms with van der Waals surface area (Å²) in [5, 5.41) is 0. The van der Waals surface area contributed by atoms with Crippen molar-refractivity contribution >= 4 is 7.60 Å². The van der Waals surface area contributed by atoms with Gasteiger partial charge < -0.3 is 13.9 Å². The Kier molecular flexibility index (Phi) is 21.1. The van der Waals surface area contributed by atoms with Crippen molar-refractivity contribution in [2.24, 2.45) is 0 Å². The molecule has 0 aromatic carbocycles. The first kappa shape index (κ1) is 32.8. The maximum absolute atomic E-state index is 12.5. The van der Waals surface area contributed by atoms with Gasteiger partial charge in [-0.2, -0.15) is 0 Å². The maximum atomic E-state index is 12.5. The van der Waals surface area contributed by atoms with Gasteiger partial charge in [0.1, 0.15) is 0 Å². The van der Waals surface area contributed by atoms with Crippen LogP contribution in [-0.4, -0.2) is 42.9 Å². The lowest BCUT2D eigenvalue weighted by Gasteiger charge is -2.35. The number of unbranched alkanes of at least 4 members (excludes halogenated alkanes) is 16. The molecule has 1 N–H and O–H groups in total. The van der Waals surface area contributed by atoms with Crippen LogP contribution in [0.25, 0.3) is 0 Å². The molecule has 0 aliphatic carbocycles. The van der Waals surface area contributed by atoms with Crippen LogP contribution in [0.1, 0.15) is 136 Å². The van der Waals surface area contributed by atoms with Crippen LogP contribution in [0.5, 0.6) is 0 Å². The zero-order valence-corrected chi connectivity index (χ0v) is 23.9. The van der Waals surface area contributed by atoms with Crippen molar-refractivity contribution < 1.29 is 18.5 Å². The first-order valence-electron chi connectivity index (χ1n) is 14.2. The van der Waals surface area contributed by atoms with Gasteiger partial charge in [0.05, 0.1) is 27.7 Å². The van der Waals surface area contributed by atoms with Gasteiger partial charge in [0, 0.05) is 6.42 Å². The van der Waals surface area contributed by atoms with Crippen LogP contribution in [0, 0.1) is 0 Å². The summed E-state index contributed by atoms with van der Waals surface area (Å²) in [5.74, 6) is -0.349. The Morgan fingerprint density at radius 3 is 1.48 bits per heavy atom. The topological polar surface area (TPSA) is 46.5 Å². The van der Waals surface area contributed by atoms with Crippen molar-refractivity contribution in [2.45, 2.75) is 142 Å². The van der Waals surface area contributed by atoms with E-state index in [0.717, 1.165) is 12.8 Å². The third-order valence-corrected chi connectivity index (χ3v) is 8.93. The van der Waals surface area contributed by atoms with E-state index in [-0.39, 0.29) is 5.78 Å². The number of hydrogen-bond acceptors (Lipinski definition) is 2. The van der Waals surface area contributed by atoms with Gasteiger partial charge in [-0.05, 0) is 32.1 Å². The normalized spacial score (nSPS) is 15.2. The minimum Gasteiger partial charge on any atom is -0.320 e. The van der Waals surface area contributed by atoms with Crippen molar-refractivity contribution in [3.63, 3.8) is 0 Å². The highest BCUT2D eigenvalue weighted by molar-refractivity contribution is 7.53. The molecule has 0 heterocycles. The van der Waals surface area contributed by atoms with E-state index in [1.54, 1.807) is 0 Å². The second kappa shape index (κ2) is 21.2. The van der Waals surface area contributed by atoms with E-state index >= 15 is 0 Å². The van der Waals surface area contributed by atoms with Crippen molar-refractivity contribution in [1.82, 2.24) is 0 Å². The Labute approximate surface area is 207 Å². The largest absolute Gasteiger partial charge is 0.385 e. The van der Waals surface area contributed by atoms with Gasteiger partial charge in [-0.3, -0.25) is 4.57 Å². The predicted molar refractivity (Wildman–Crippen MR) is 146 cm³/mol. The molecule has 33 heavy (non-hydrogen) atoms. The minimum atomic E-state index is -3.55. The van der Waals surface area contributed by atoms with E-state index in [1.807, 2.05) is 28.1 Å². The summed E-state index contributed by atoms with van der Waals surface area (Å²) in [6, 6.07) is 0. The highest BCUT2D eigenvalue weighted by Crippen LogP contribution is 2.51. The first-order chi connectivity index (χ1) is 15.8. The third kappa shape index (κ3) is 19.8. The van der Waals surface area contributed by atoms with Crippen molar-refractivity contribution in [3.05, 3.63) is 12.2 Å². The maximum Gasteiger partial charge on any atom is 0.385 e. The van der Waals surface area contributed by atoms with Crippen LogP contribution in [0.2, 0.25) is 0 Å². The second-order valence-electron chi connectivity index (χ2n) is 10.8. The summed E-state index contributed by atoms with van der Waals surface area (Å²) < 4.78 is 18.4. The van der Waals surface area contributed by atoms with Crippen molar-refractivity contribution in [1.29, 1.82) is 0 Å². The molecule has 0 fully saturated rings. The van der Waals surface area contributed by atoms with E-state index in [2.05, 4.69) is 19.1 Å². The van der Waals surface area contributed by atoms with Gasteiger partial charge in [-0.1, -0.05) is 109 Å². The van der Waals surface area contributed by atoms with Gasteiger partial charge in [0.2, 0.25) is 0 Å². The minimum absolute atomic E-state index is 0.349. The molecule has 0 saturated carbocycles. The van der Waals surface area contributed by atoms with Gasteiger partial charge in [0.15, 0.2) is 5.78 Å². The summed E-state index contributed by atoms with van der Waals surface area (Å²) >= 11 is 0. The van der Waals surface area contributed by atoms with E-state index < -0.39 is 7.60 Å². The standard InChI is InChI=1S/C28H58NO3P/c1-6-8-9-10-11-12-13-14-15-16-17-18-19-20-21-22-23-24-25-26-27-32-33(30,31)28(7-2)29(3,4)5/h15-16,28H,6-14,17-27H2,1-5H3/p+1. The second-order valence-corrected chi connectivity index (χ2v) is 12.7. The van der Waals surface area contributed by atoms with E-state index in [1.165, 1.54) is 103 Å². The molecule has 198 valence electrons. The summed E-state index contributed by atoms with van der Waals surface area (Å²) in [4.78, 5) is 10.3. The Morgan fingerprint density at radius 2 is 1.09 bits per heavy atom. The molecule has 0 bridgehead atoms. The fourth-order valence-electron chi connectivity index (χ4n) is 4.55. The molecule has 0 aliphatic rings. The number of quaternary nitrogens is 1. The molecular formula is C28H59NO3P+. The van der Waals surface area contributed by atoms with Crippen LogP contribution in [-0.2, 0) is 9.09 Å². The molecule has 2 unspecified atom stereocenters. The van der Waals surface area contributed by atoms with Crippen molar-refractivity contribution in [2.75, 3.05) is 27.7 Å². The number of hydrogen-bond donors (Lipinski definition) is 1. The molecule has 2 atom stereocenters. The first-order valence-corrected chi connectivity index (χ1v) is 15.8. The van der Waals surface area contributed by atoms with Crippen LogP contribution < -0.4 is 0 Å². The summed E-state index contributed by atoms with van der Waals surface area (Å²) in [7, 11) is 2.31. The van der Waals surface area contributed by atoms with Gasteiger partial charge in [-0.25, -0.2) is 0 Å². The Morgan fingerprint density at radius 1 is 0.697 bits per heavy atom. The monoisotopic (exact) mass is 488 g/mol. The van der Waals surface area contributed by atoms with E-state index in [4.69, 9.17) is 4.52 Å². The molecular weight excluding hydrogens is 429 g/mol. The molecule has 4 nitrogen and oxygen atoms in total. The van der Waals surface area contributed by atoms with Gasteiger partial charge in [0.25, 0.3) is 0 Å². The molecule has 0 saturated heterocycles. The predicted octanol–water partition coefficient (Wildman–Crippen LogP) is 9.23. The molecule has 0 aromatic rings. The average Bonchev–Trinajstić information content (AvgIpc) is 2.74. The van der Waals surface area contributed by atoms with E-state index in [0.29, 0.717) is 17.5 Å². The number of allylic oxidation sites excluding steroid dienone is 2. The lowest BCUT2D eigenvalue weighted by atomic mass is 10.1. The zero-order chi connectivity index (χ0) is 24.8. The molecule has 0 aromatic heterocycles. The molecule has 5 heteroatoms. The fraction of sp³-hybridized carbons (Fsp3) is 0.929. The van der Waals surface area contributed by atoms with Crippen LogP contribution in [0.15, 0.2) is 12.2 Å². The number of rotatable bonds is 24. The molecule has 0 amide bonds. The summed E-state index contributed by atoms with van der Waals surface area (Å²) in [6.45, 7) is 4.63. The Bertz CT molecular complexity index is 502. The quantitative estimate of drug-likeness (QED) is 0.0637. The van der Waals surface area contributed by atoms with Gasteiger partial charge >= 0.3 is 7.60 Å². The highest BCUT2D eigenvalue weighted by Gasteiger charge is 2.41. The van der Waals surface area contributed by atoms with Crippen LogP contribution in [0.3, 0.4) is 0 Å². The average molecular weight is 489 g/mol. The fourth-order valence-corrected chi connectivity index (χ4v) is 6.45. The lowest BCUT2D eigenvalue weighted by molar-refractivity contribution is -0.883. The highest BCUT2D eigenvalue weighted by atomic mass is 31.2. The van der Waals surface area contributed by atoms with Crippen molar-refractivity contribution in [3.8, 4) is 0 Å². The SMILES string of the molecule is CCCCCCCCCC=CCCCCCCCCCCCOP(=O)(O)C(CC)[N+](C)(C)C. The van der Waals surface area contributed by atoms with Gasteiger partial charge in [-0.15, -0.1) is 0 Å². The summed E-state index contributed by atoms with van der Waals surface area (Å²) in [6.07, 6.45) is 28.9. The smallest absolute Gasteiger partial charge is 0.320 e. The van der Waals surface area contributed by atoms with Crippen LogP contribution >= 0.6 is 7.60 Å². The third-order valence-electron chi connectivity index (χ3n) is 6.57. The molecule has 0 spiro atoms.